The number of hydrogen-bond donors (Lipinski definition) is 1. The number of fused-ring (bicyclic) bond motifs is 1. The van der Waals surface area contributed by atoms with Gasteiger partial charge in [-0.15, -0.1) is 11.3 Å². The van der Waals surface area contributed by atoms with Crippen molar-refractivity contribution in [1.82, 2.24) is 10.3 Å². The molecule has 1 atom stereocenters. The molecular weight excluding hydrogens is 240 g/mol. The van der Waals surface area contributed by atoms with E-state index in [0.29, 0.717) is 6.04 Å². The standard InChI is InChI=1S/C15H20N2S/c1-11(12-6-2-3-7-12)16-10-15-17-13-8-4-5-9-14(13)18-15/h4-5,8-9,11-12,16H,2-3,6-7,10H2,1H3/t11-/m0/s1. The van der Waals surface area contributed by atoms with Crippen molar-refractivity contribution in [3.05, 3.63) is 29.3 Å². The minimum atomic E-state index is 0.625. The van der Waals surface area contributed by atoms with Gasteiger partial charge in [0.2, 0.25) is 0 Å². The Balaban J connectivity index is 1.62. The van der Waals surface area contributed by atoms with Crippen LogP contribution in [-0.4, -0.2) is 11.0 Å². The third-order valence-corrected chi connectivity index (χ3v) is 5.06. The van der Waals surface area contributed by atoms with Gasteiger partial charge in [0.05, 0.1) is 10.2 Å². The lowest BCUT2D eigenvalue weighted by Gasteiger charge is -2.19. The van der Waals surface area contributed by atoms with E-state index in [1.54, 1.807) is 0 Å². The summed E-state index contributed by atoms with van der Waals surface area (Å²) in [6.45, 7) is 3.24. The summed E-state index contributed by atoms with van der Waals surface area (Å²) in [6, 6.07) is 9.01. The molecule has 1 heterocycles. The van der Waals surface area contributed by atoms with Crippen LogP contribution in [0.3, 0.4) is 0 Å². The van der Waals surface area contributed by atoms with Crippen molar-refractivity contribution in [3.63, 3.8) is 0 Å². The highest BCUT2D eigenvalue weighted by atomic mass is 32.1. The Kier molecular flexibility index (Phi) is 3.62. The molecule has 0 bridgehead atoms. The van der Waals surface area contributed by atoms with Crippen LogP contribution < -0.4 is 5.32 Å². The van der Waals surface area contributed by atoms with Crippen molar-refractivity contribution in [1.29, 1.82) is 0 Å². The van der Waals surface area contributed by atoms with Crippen molar-refractivity contribution < 1.29 is 0 Å². The van der Waals surface area contributed by atoms with E-state index in [4.69, 9.17) is 0 Å². The first kappa shape index (κ1) is 12.1. The average molecular weight is 260 g/mol. The maximum atomic E-state index is 4.67. The minimum absolute atomic E-state index is 0.625. The Morgan fingerprint density at radius 2 is 2.11 bits per heavy atom. The van der Waals surface area contributed by atoms with Crippen LogP contribution in [0, 0.1) is 5.92 Å². The maximum Gasteiger partial charge on any atom is 0.108 e. The van der Waals surface area contributed by atoms with Crippen LogP contribution in [0.5, 0.6) is 0 Å². The first-order valence-electron chi connectivity index (χ1n) is 6.91. The molecule has 3 rings (SSSR count). The van der Waals surface area contributed by atoms with Crippen LogP contribution in [0.15, 0.2) is 24.3 Å². The Hall–Kier alpha value is -0.930. The van der Waals surface area contributed by atoms with Crippen LogP contribution in [0.2, 0.25) is 0 Å². The zero-order chi connectivity index (χ0) is 12.4. The van der Waals surface area contributed by atoms with E-state index in [1.165, 1.54) is 35.4 Å². The van der Waals surface area contributed by atoms with Crippen molar-refractivity contribution in [2.24, 2.45) is 5.92 Å². The smallest absolute Gasteiger partial charge is 0.108 e. The lowest BCUT2D eigenvalue weighted by atomic mass is 10.00. The fourth-order valence-corrected chi connectivity index (χ4v) is 3.79. The highest BCUT2D eigenvalue weighted by Gasteiger charge is 2.21. The molecule has 0 spiro atoms. The number of para-hydroxylation sites is 1. The molecule has 0 aliphatic heterocycles. The molecule has 1 aliphatic carbocycles. The zero-order valence-corrected chi connectivity index (χ0v) is 11.7. The molecule has 0 unspecified atom stereocenters. The molecule has 0 saturated heterocycles. The summed E-state index contributed by atoms with van der Waals surface area (Å²) in [4.78, 5) is 4.67. The summed E-state index contributed by atoms with van der Waals surface area (Å²) in [5, 5.41) is 4.86. The van der Waals surface area contributed by atoms with E-state index < -0.39 is 0 Å². The van der Waals surface area contributed by atoms with Gasteiger partial charge in [0.15, 0.2) is 0 Å². The lowest BCUT2D eigenvalue weighted by molar-refractivity contribution is 0.380. The second-order valence-electron chi connectivity index (χ2n) is 5.29. The molecule has 1 aromatic carbocycles. The summed E-state index contributed by atoms with van der Waals surface area (Å²) in [7, 11) is 0. The Morgan fingerprint density at radius 1 is 1.33 bits per heavy atom. The number of thiazole rings is 1. The molecule has 0 amide bonds. The van der Waals surface area contributed by atoms with E-state index in [1.807, 2.05) is 11.3 Å². The minimum Gasteiger partial charge on any atom is -0.308 e. The van der Waals surface area contributed by atoms with Crippen LogP contribution in [0.4, 0.5) is 0 Å². The first-order valence-corrected chi connectivity index (χ1v) is 7.72. The topological polar surface area (TPSA) is 24.9 Å². The van der Waals surface area contributed by atoms with Crippen LogP contribution >= 0.6 is 11.3 Å². The summed E-state index contributed by atoms with van der Waals surface area (Å²) in [6.07, 6.45) is 5.62. The van der Waals surface area contributed by atoms with Gasteiger partial charge in [-0.05, 0) is 37.8 Å². The molecule has 18 heavy (non-hydrogen) atoms. The van der Waals surface area contributed by atoms with Gasteiger partial charge in [-0.1, -0.05) is 25.0 Å². The van der Waals surface area contributed by atoms with Gasteiger partial charge in [-0.25, -0.2) is 4.98 Å². The number of nitrogens with zero attached hydrogens (tertiary/aromatic N) is 1. The molecule has 1 N–H and O–H groups in total. The van der Waals surface area contributed by atoms with Crippen LogP contribution in [-0.2, 0) is 6.54 Å². The number of hydrogen-bond acceptors (Lipinski definition) is 3. The van der Waals surface area contributed by atoms with Gasteiger partial charge in [0.1, 0.15) is 5.01 Å². The predicted molar refractivity (Wildman–Crippen MR) is 77.9 cm³/mol. The molecular formula is C15H20N2S. The van der Waals surface area contributed by atoms with Gasteiger partial charge in [-0.2, -0.15) is 0 Å². The van der Waals surface area contributed by atoms with E-state index >= 15 is 0 Å². The molecule has 0 radical (unpaired) electrons. The van der Waals surface area contributed by atoms with E-state index in [2.05, 4.69) is 41.5 Å². The molecule has 1 aromatic heterocycles. The van der Waals surface area contributed by atoms with Gasteiger partial charge in [0, 0.05) is 12.6 Å². The number of benzene rings is 1. The SMILES string of the molecule is C[C@H](NCc1nc2ccccc2s1)C1CCCC1. The highest BCUT2D eigenvalue weighted by Crippen LogP contribution is 2.28. The average Bonchev–Trinajstić information content (AvgIpc) is 3.04. The quantitative estimate of drug-likeness (QED) is 0.900. The summed E-state index contributed by atoms with van der Waals surface area (Å²) in [5.41, 5.74) is 1.13. The van der Waals surface area contributed by atoms with Crippen LogP contribution in [0.25, 0.3) is 10.2 Å². The molecule has 96 valence electrons. The summed E-state index contributed by atoms with van der Waals surface area (Å²) in [5.74, 6) is 0.874. The third-order valence-electron chi connectivity index (χ3n) is 4.02. The highest BCUT2D eigenvalue weighted by molar-refractivity contribution is 7.18. The second kappa shape index (κ2) is 5.37. The predicted octanol–water partition coefficient (Wildman–Crippen LogP) is 3.96. The molecule has 1 saturated carbocycles. The van der Waals surface area contributed by atoms with Crippen molar-refractivity contribution >= 4 is 21.6 Å². The van der Waals surface area contributed by atoms with E-state index in [9.17, 15) is 0 Å². The fourth-order valence-electron chi connectivity index (χ4n) is 2.87. The Morgan fingerprint density at radius 3 is 2.89 bits per heavy atom. The molecule has 2 aromatic rings. The van der Waals surface area contributed by atoms with E-state index in [0.717, 1.165) is 18.0 Å². The molecule has 1 aliphatic rings. The molecule has 3 heteroatoms. The van der Waals surface area contributed by atoms with Crippen molar-refractivity contribution in [2.45, 2.75) is 45.2 Å². The Bertz CT molecular complexity index is 481. The third kappa shape index (κ3) is 2.57. The number of nitrogens with one attached hydrogen (secondary N) is 1. The van der Waals surface area contributed by atoms with Gasteiger partial charge in [-0.3, -0.25) is 0 Å². The fraction of sp³-hybridized carbons (Fsp3) is 0.533. The molecule has 1 fully saturated rings. The molecule has 2 nitrogen and oxygen atoms in total. The van der Waals surface area contributed by atoms with Crippen molar-refractivity contribution in [2.75, 3.05) is 0 Å². The monoisotopic (exact) mass is 260 g/mol. The van der Waals surface area contributed by atoms with Gasteiger partial charge in [0.25, 0.3) is 0 Å². The van der Waals surface area contributed by atoms with Gasteiger partial charge < -0.3 is 5.32 Å². The maximum absolute atomic E-state index is 4.67. The van der Waals surface area contributed by atoms with E-state index in [-0.39, 0.29) is 0 Å². The zero-order valence-electron chi connectivity index (χ0n) is 10.9. The second-order valence-corrected chi connectivity index (χ2v) is 6.40. The van der Waals surface area contributed by atoms with Crippen molar-refractivity contribution in [3.8, 4) is 0 Å². The summed E-state index contributed by atoms with van der Waals surface area (Å²) >= 11 is 1.81. The number of rotatable bonds is 4. The Labute approximate surface area is 112 Å². The lowest BCUT2D eigenvalue weighted by Crippen LogP contribution is -2.31. The van der Waals surface area contributed by atoms with Gasteiger partial charge >= 0.3 is 0 Å². The van der Waals surface area contributed by atoms with Crippen LogP contribution in [0.1, 0.15) is 37.6 Å². The number of aromatic nitrogens is 1. The first-order chi connectivity index (χ1) is 8.83. The largest absolute Gasteiger partial charge is 0.308 e. The normalized spacial score (nSPS) is 18.5. The summed E-state index contributed by atoms with van der Waals surface area (Å²) < 4.78 is 1.29.